The predicted octanol–water partition coefficient (Wildman–Crippen LogP) is 2.97. The maximum atomic E-state index is 13.2. The molecule has 1 aromatic heterocycles. The zero-order chi connectivity index (χ0) is 20.7. The molecule has 0 bridgehead atoms. The number of guanidine groups is 1. The van der Waals surface area contributed by atoms with E-state index in [1.807, 2.05) is 12.1 Å². The van der Waals surface area contributed by atoms with Gasteiger partial charge in [-0.2, -0.15) is 4.31 Å². The summed E-state index contributed by atoms with van der Waals surface area (Å²) < 4.78 is 40.7. The van der Waals surface area contributed by atoms with Crippen molar-refractivity contribution in [3.63, 3.8) is 0 Å². The maximum absolute atomic E-state index is 13.2. The van der Waals surface area contributed by atoms with Gasteiger partial charge in [-0.15, -0.1) is 11.3 Å². The number of nitrogens with one attached hydrogen (secondary N) is 2. The molecule has 2 heterocycles. The number of hydrogen-bond donors (Lipinski definition) is 2. The minimum atomic E-state index is -3.39. The fraction of sp³-hybridized carbons (Fsp3) is 0.450. The van der Waals surface area contributed by atoms with Crippen LogP contribution in [0.15, 0.2) is 45.6 Å². The first-order valence-corrected chi connectivity index (χ1v) is 12.0. The van der Waals surface area contributed by atoms with Gasteiger partial charge in [0.2, 0.25) is 0 Å². The van der Waals surface area contributed by atoms with E-state index in [2.05, 4.69) is 15.6 Å². The molecule has 6 nitrogen and oxygen atoms in total. The first-order valence-electron chi connectivity index (χ1n) is 9.77. The lowest BCUT2D eigenvalue weighted by Crippen LogP contribution is -2.37. The molecule has 9 heteroatoms. The van der Waals surface area contributed by atoms with Crippen molar-refractivity contribution in [3.8, 4) is 0 Å². The minimum Gasteiger partial charge on any atom is -0.356 e. The molecule has 0 saturated carbocycles. The fourth-order valence-corrected chi connectivity index (χ4v) is 6.20. The highest BCUT2D eigenvalue weighted by Crippen LogP contribution is 2.27. The number of sulfonamides is 1. The van der Waals surface area contributed by atoms with Gasteiger partial charge < -0.3 is 10.6 Å². The van der Waals surface area contributed by atoms with E-state index in [4.69, 9.17) is 0 Å². The number of hydrogen-bond acceptors (Lipinski definition) is 4. The molecule has 1 saturated heterocycles. The van der Waals surface area contributed by atoms with E-state index in [-0.39, 0.29) is 5.82 Å². The van der Waals surface area contributed by atoms with E-state index in [9.17, 15) is 12.8 Å². The van der Waals surface area contributed by atoms with Crippen molar-refractivity contribution in [2.24, 2.45) is 4.99 Å². The second-order valence-electron chi connectivity index (χ2n) is 6.92. The monoisotopic (exact) mass is 438 g/mol. The first kappa shape index (κ1) is 21.7. The maximum Gasteiger partial charge on any atom is 0.252 e. The molecule has 0 radical (unpaired) electrons. The van der Waals surface area contributed by atoms with Crippen molar-refractivity contribution in [2.45, 2.75) is 36.4 Å². The van der Waals surface area contributed by atoms with Crippen LogP contribution in [0.2, 0.25) is 0 Å². The number of nitrogens with zero attached hydrogens (tertiary/aromatic N) is 2. The predicted molar refractivity (Wildman–Crippen MR) is 115 cm³/mol. The van der Waals surface area contributed by atoms with Crippen LogP contribution in [0.1, 0.15) is 29.7 Å². The highest BCUT2D eigenvalue weighted by atomic mass is 32.2. The second-order valence-corrected chi connectivity index (χ2v) is 10.3. The van der Waals surface area contributed by atoms with Crippen molar-refractivity contribution in [1.82, 2.24) is 14.9 Å². The van der Waals surface area contributed by atoms with Gasteiger partial charge in [0, 0.05) is 31.6 Å². The summed E-state index contributed by atoms with van der Waals surface area (Å²) in [5, 5.41) is 6.39. The third kappa shape index (κ3) is 6.01. The smallest absolute Gasteiger partial charge is 0.252 e. The van der Waals surface area contributed by atoms with E-state index < -0.39 is 10.0 Å². The molecule has 0 aliphatic carbocycles. The number of benzene rings is 1. The van der Waals surface area contributed by atoms with Crippen LogP contribution in [0, 0.1) is 5.82 Å². The summed E-state index contributed by atoms with van der Waals surface area (Å²) in [6.45, 7) is 2.31. The molecule has 1 aromatic carbocycles. The van der Waals surface area contributed by atoms with Crippen LogP contribution in [0.4, 0.5) is 4.39 Å². The molecule has 2 aromatic rings. The van der Waals surface area contributed by atoms with Crippen LogP contribution < -0.4 is 10.6 Å². The highest BCUT2D eigenvalue weighted by molar-refractivity contribution is 7.91. The van der Waals surface area contributed by atoms with Gasteiger partial charge in [-0.25, -0.2) is 12.8 Å². The molecular formula is C20H27FN4O2S2. The van der Waals surface area contributed by atoms with Gasteiger partial charge in [0.05, 0.1) is 6.54 Å². The Labute approximate surface area is 175 Å². The highest BCUT2D eigenvalue weighted by Gasteiger charge is 2.27. The van der Waals surface area contributed by atoms with Gasteiger partial charge in [0.15, 0.2) is 5.96 Å². The van der Waals surface area contributed by atoms with Crippen LogP contribution in [-0.4, -0.2) is 45.4 Å². The Hall–Kier alpha value is -1.97. The van der Waals surface area contributed by atoms with Gasteiger partial charge in [-0.05, 0) is 49.1 Å². The lowest BCUT2D eigenvalue weighted by Gasteiger charge is -2.25. The Balaban J connectivity index is 1.50. The Morgan fingerprint density at radius 2 is 1.97 bits per heavy atom. The summed E-state index contributed by atoms with van der Waals surface area (Å²) in [7, 11) is -1.71. The van der Waals surface area contributed by atoms with Gasteiger partial charge in [0.1, 0.15) is 10.0 Å². The summed E-state index contributed by atoms with van der Waals surface area (Å²) >= 11 is 1.29. The molecule has 0 spiro atoms. The normalized spacial score (nSPS) is 16.0. The summed E-state index contributed by atoms with van der Waals surface area (Å²) in [4.78, 5) is 5.10. The summed E-state index contributed by atoms with van der Waals surface area (Å²) in [5.74, 6) is 0.383. The summed E-state index contributed by atoms with van der Waals surface area (Å²) in [5.41, 5.74) is 0.916. The number of halogens is 1. The molecule has 2 N–H and O–H groups in total. The number of piperidine rings is 1. The van der Waals surface area contributed by atoms with Crippen LogP contribution in [0.3, 0.4) is 0 Å². The van der Waals surface area contributed by atoms with E-state index in [0.29, 0.717) is 42.8 Å². The molecule has 0 atom stereocenters. The Bertz CT molecular complexity index is 937. The van der Waals surface area contributed by atoms with E-state index in [0.717, 1.165) is 29.7 Å². The minimum absolute atomic E-state index is 0.238. The van der Waals surface area contributed by atoms with Crippen molar-refractivity contribution < 1.29 is 12.8 Å². The van der Waals surface area contributed by atoms with Crippen LogP contribution in [0.25, 0.3) is 0 Å². The van der Waals surface area contributed by atoms with Crippen molar-refractivity contribution in [1.29, 1.82) is 0 Å². The molecular weight excluding hydrogens is 411 g/mol. The SMILES string of the molecule is CN=C(NCCc1cccc(F)c1)NCc1ccc(S(=O)(=O)N2CCCCC2)s1. The molecule has 0 unspecified atom stereocenters. The Kier molecular flexibility index (Phi) is 7.63. The summed E-state index contributed by atoms with van der Waals surface area (Å²) in [6.07, 6.45) is 3.62. The molecule has 1 aliphatic heterocycles. The van der Waals surface area contributed by atoms with E-state index >= 15 is 0 Å². The average molecular weight is 439 g/mol. The Morgan fingerprint density at radius 1 is 1.17 bits per heavy atom. The van der Waals surface area contributed by atoms with E-state index in [1.54, 1.807) is 23.5 Å². The third-order valence-electron chi connectivity index (χ3n) is 4.80. The number of aliphatic imine (C=N–C) groups is 1. The lowest BCUT2D eigenvalue weighted by molar-refractivity contribution is 0.347. The van der Waals surface area contributed by atoms with Crippen molar-refractivity contribution in [3.05, 3.63) is 52.7 Å². The number of thiophene rings is 1. The van der Waals surface area contributed by atoms with Crippen LogP contribution >= 0.6 is 11.3 Å². The molecule has 158 valence electrons. The van der Waals surface area contributed by atoms with E-state index in [1.165, 1.54) is 23.5 Å². The topological polar surface area (TPSA) is 73.8 Å². The molecule has 1 aliphatic rings. The average Bonchev–Trinajstić information content (AvgIpc) is 3.21. The van der Waals surface area contributed by atoms with Gasteiger partial charge >= 0.3 is 0 Å². The van der Waals surface area contributed by atoms with Gasteiger partial charge in [-0.3, -0.25) is 4.99 Å². The second kappa shape index (κ2) is 10.2. The number of rotatable bonds is 7. The standard InChI is InChI=1S/C20H27FN4O2S2/c1-22-20(23-11-10-16-6-5-7-17(21)14-16)24-15-18-8-9-19(28-18)29(26,27)25-12-3-2-4-13-25/h5-9,14H,2-4,10-13,15H2,1H3,(H2,22,23,24). The van der Waals surface area contributed by atoms with Gasteiger partial charge in [0.25, 0.3) is 10.0 Å². The third-order valence-corrected chi connectivity index (χ3v) is 8.25. The van der Waals surface area contributed by atoms with Crippen molar-refractivity contribution >= 4 is 27.3 Å². The Morgan fingerprint density at radius 3 is 2.69 bits per heavy atom. The zero-order valence-electron chi connectivity index (χ0n) is 16.5. The van der Waals surface area contributed by atoms with Crippen LogP contribution in [0.5, 0.6) is 0 Å². The summed E-state index contributed by atoms with van der Waals surface area (Å²) in [6, 6.07) is 10.1. The lowest BCUT2D eigenvalue weighted by atomic mass is 10.1. The molecule has 1 fully saturated rings. The first-order chi connectivity index (χ1) is 14.0. The molecule has 3 rings (SSSR count). The quantitative estimate of drug-likeness (QED) is 0.515. The van der Waals surface area contributed by atoms with Crippen LogP contribution in [-0.2, 0) is 23.0 Å². The van der Waals surface area contributed by atoms with Crippen molar-refractivity contribution in [2.75, 3.05) is 26.7 Å². The largest absolute Gasteiger partial charge is 0.356 e. The zero-order valence-corrected chi connectivity index (χ0v) is 18.2. The fourth-order valence-electron chi connectivity index (χ4n) is 3.23. The molecule has 0 amide bonds. The molecule has 29 heavy (non-hydrogen) atoms. The van der Waals surface area contributed by atoms with Gasteiger partial charge in [-0.1, -0.05) is 18.6 Å².